The van der Waals surface area contributed by atoms with Crippen LogP contribution in [0.5, 0.6) is 0 Å². The van der Waals surface area contributed by atoms with Gasteiger partial charge in [0.05, 0.1) is 0 Å². The van der Waals surface area contributed by atoms with Crippen molar-refractivity contribution in [2.45, 2.75) is 12.8 Å². The fourth-order valence-electron chi connectivity index (χ4n) is 1.88. The van der Waals surface area contributed by atoms with E-state index in [4.69, 9.17) is 5.11 Å². The molecule has 1 aromatic rings. The van der Waals surface area contributed by atoms with Gasteiger partial charge in [0.2, 0.25) is 0 Å². The largest absolute Gasteiger partial charge is 0.387 e. The number of carbonyl (C=O) groups is 1. The summed E-state index contributed by atoms with van der Waals surface area (Å²) in [5, 5.41) is 8.82. The van der Waals surface area contributed by atoms with Crippen molar-refractivity contribution in [1.82, 2.24) is 0 Å². The molecule has 0 unspecified atom stereocenters. The number of rotatable bonds is 1. The average Bonchev–Trinajstić information content (AvgIpc) is 2.27. The average molecular weight is 191 g/mol. The Kier molecular flexibility index (Phi) is 2.50. The van der Waals surface area contributed by atoms with Crippen molar-refractivity contribution in [1.29, 1.82) is 0 Å². The Morgan fingerprint density at radius 3 is 3.00 bits per heavy atom. The number of para-hydroxylation sites is 1. The molecular weight excluding hydrogens is 178 g/mol. The lowest BCUT2D eigenvalue weighted by Gasteiger charge is -2.28. The van der Waals surface area contributed by atoms with Gasteiger partial charge in [0.1, 0.15) is 6.61 Å². The predicted octanol–water partition coefficient (Wildman–Crippen LogP) is 0.958. The third-order valence-electron chi connectivity index (χ3n) is 2.55. The molecule has 0 aliphatic carbocycles. The number of aliphatic hydroxyl groups excluding tert-OH is 1. The van der Waals surface area contributed by atoms with Crippen LogP contribution in [-0.4, -0.2) is 24.2 Å². The third-order valence-corrected chi connectivity index (χ3v) is 2.55. The van der Waals surface area contributed by atoms with Crippen LogP contribution in [0.15, 0.2) is 24.3 Å². The fraction of sp³-hybridized carbons (Fsp3) is 0.364. The van der Waals surface area contributed by atoms with E-state index in [0.29, 0.717) is 0 Å². The van der Waals surface area contributed by atoms with Gasteiger partial charge in [-0.15, -0.1) is 0 Å². The minimum absolute atomic E-state index is 0.211. The van der Waals surface area contributed by atoms with Crippen LogP contribution in [0.4, 0.5) is 5.69 Å². The van der Waals surface area contributed by atoms with Crippen LogP contribution in [0.3, 0.4) is 0 Å². The highest BCUT2D eigenvalue weighted by Gasteiger charge is 2.20. The summed E-state index contributed by atoms with van der Waals surface area (Å²) < 4.78 is 0. The molecule has 1 heterocycles. The summed E-state index contributed by atoms with van der Waals surface area (Å²) in [7, 11) is 0. The van der Waals surface area contributed by atoms with E-state index in [0.717, 1.165) is 25.1 Å². The zero-order valence-corrected chi connectivity index (χ0v) is 7.94. The van der Waals surface area contributed by atoms with E-state index in [-0.39, 0.29) is 5.91 Å². The van der Waals surface area contributed by atoms with Gasteiger partial charge in [0.25, 0.3) is 5.91 Å². The molecule has 0 fully saturated rings. The number of aliphatic hydroxyl groups is 1. The number of carbonyl (C=O) groups excluding carboxylic acids is 1. The topological polar surface area (TPSA) is 40.5 Å². The number of hydrogen-bond donors (Lipinski definition) is 1. The van der Waals surface area contributed by atoms with Gasteiger partial charge in [-0.05, 0) is 24.5 Å². The van der Waals surface area contributed by atoms with Crippen LogP contribution >= 0.6 is 0 Å². The Labute approximate surface area is 83.0 Å². The number of anilines is 1. The molecule has 1 amide bonds. The van der Waals surface area contributed by atoms with Gasteiger partial charge in [-0.1, -0.05) is 18.2 Å². The minimum atomic E-state index is -0.408. The Morgan fingerprint density at radius 1 is 1.43 bits per heavy atom. The van der Waals surface area contributed by atoms with Crippen molar-refractivity contribution in [3.63, 3.8) is 0 Å². The van der Waals surface area contributed by atoms with E-state index in [2.05, 4.69) is 0 Å². The second-order valence-corrected chi connectivity index (χ2v) is 3.44. The number of amides is 1. The maximum absolute atomic E-state index is 11.4. The lowest BCUT2D eigenvalue weighted by molar-refractivity contribution is -0.121. The van der Waals surface area contributed by atoms with E-state index in [1.54, 1.807) is 4.90 Å². The van der Waals surface area contributed by atoms with E-state index in [1.165, 1.54) is 5.56 Å². The van der Waals surface area contributed by atoms with Crippen LogP contribution < -0.4 is 4.90 Å². The maximum atomic E-state index is 11.4. The summed E-state index contributed by atoms with van der Waals surface area (Å²) in [6.45, 7) is 0.310. The first-order valence-electron chi connectivity index (χ1n) is 4.82. The molecule has 0 aromatic heterocycles. The molecule has 1 aliphatic heterocycles. The van der Waals surface area contributed by atoms with Crippen LogP contribution in [-0.2, 0) is 11.2 Å². The van der Waals surface area contributed by atoms with Gasteiger partial charge in [0.15, 0.2) is 0 Å². The summed E-state index contributed by atoms with van der Waals surface area (Å²) in [5.74, 6) is -0.211. The third kappa shape index (κ3) is 1.51. The SMILES string of the molecule is O=C(CO)N1CCCc2ccccc21. The summed E-state index contributed by atoms with van der Waals surface area (Å²) >= 11 is 0. The summed E-state index contributed by atoms with van der Waals surface area (Å²) in [6, 6.07) is 7.86. The molecule has 1 aromatic carbocycles. The van der Waals surface area contributed by atoms with Crippen molar-refractivity contribution in [3.05, 3.63) is 29.8 Å². The van der Waals surface area contributed by atoms with E-state index >= 15 is 0 Å². The Bertz CT molecular complexity index is 349. The van der Waals surface area contributed by atoms with Crippen LogP contribution in [0.25, 0.3) is 0 Å². The smallest absolute Gasteiger partial charge is 0.252 e. The van der Waals surface area contributed by atoms with E-state index < -0.39 is 6.61 Å². The summed E-state index contributed by atoms with van der Waals surface area (Å²) in [5.41, 5.74) is 2.15. The molecule has 3 nitrogen and oxygen atoms in total. The van der Waals surface area contributed by atoms with Gasteiger partial charge in [0, 0.05) is 12.2 Å². The lowest BCUT2D eigenvalue weighted by atomic mass is 10.0. The Morgan fingerprint density at radius 2 is 2.21 bits per heavy atom. The second kappa shape index (κ2) is 3.80. The molecule has 0 bridgehead atoms. The molecule has 0 radical (unpaired) electrons. The van der Waals surface area contributed by atoms with Gasteiger partial charge < -0.3 is 10.0 Å². The van der Waals surface area contributed by atoms with Crippen molar-refractivity contribution >= 4 is 11.6 Å². The van der Waals surface area contributed by atoms with Gasteiger partial charge in [-0.25, -0.2) is 0 Å². The lowest BCUT2D eigenvalue weighted by Crippen LogP contribution is -2.37. The summed E-state index contributed by atoms with van der Waals surface area (Å²) in [6.07, 6.45) is 1.99. The first kappa shape index (κ1) is 9.21. The molecule has 1 aliphatic rings. The number of benzene rings is 1. The molecule has 0 saturated heterocycles. The van der Waals surface area contributed by atoms with E-state index in [1.807, 2.05) is 24.3 Å². The monoisotopic (exact) mass is 191 g/mol. The number of hydrogen-bond acceptors (Lipinski definition) is 2. The quantitative estimate of drug-likeness (QED) is 0.718. The molecular formula is C11H13NO2. The number of fused-ring (bicyclic) bond motifs is 1. The predicted molar refractivity (Wildman–Crippen MR) is 54.2 cm³/mol. The molecule has 0 saturated carbocycles. The van der Waals surface area contributed by atoms with Gasteiger partial charge in [-0.2, -0.15) is 0 Å². The maximum Gasteiger partial charge on any atom is 0.252 e. The first-order chi connectivity index (χ1) is 6.83. The van der Waals surface area contributed by atoms with Gasteiger partial charge >= 0.3 is 0 Å². The van der Waals surface area contributed by atoms with Crippen molar-refractivity contribution in [2.75, 3.05) is 18.1 Å². The van der Waals surface area contributed by atoms with Crippen LogP contribution in [0.1, 0.15) is 12.0 Å². The minimum Gasteiger partial charge on any atom is -0.387 e. The molecule has 74 valence electrons. The van der Waals surface area contributed by atoms with Gasteiger partial charge in [-0.3, -0.25) is 4.79 Å². The normalized spacial score (nSPS) is 15.1. The molecule has 3 heteroatoms. The molecule has 1 N–H and O–H groups in total. The number of aryl methyl sites for hydroxylation is 1. The standard InChI is InChI=1S/C11H13NO2/c13-8-11(14)12-7-3-5-9-4-1-2-6-10(9)12/h1-2,4,6,13H,3,5,7-8H2. The molecule has 14 heavy (non-hydrogen) atoms. The fourth-order valence-corrected chi connectivity index (χ4v) is 1.88. The highest BCUT2D eigenvalue weighted by atomic mass is 16.3. The molecule has 0 atom stereocenters. The zero-order valence-electron chi connectivity index (χ0n) is 7.94. The van der Waals surface area contributed by atoms with Crippen molar-refractivity contribution in [2.24, 2.45) is 0 Å². The molecule has 0 spiro atoms. The first-order valence-corrected chi connectivity index (χ1v) is 4.82. The molecule has 2 rings (SSSR count). The highest BCUT2D eigenvalue weighted by molar-refractivity contribution is 5.95. The summed E-state index contributed by atoms with van der Waals surface area (Å²) in [4.78, 5) is 13.1. The number of nitrogens with zero attached hydrogens (tertiary/aromatic N) is 1. The van der Waals surface area contributed by atoms with E-state index in [9.17, 15) is 4.79 Å². The zero-order chi connectivity index (χ0) is 9.97. The highest BCUT2D eigenvalue weighted by Crippen LogP contribution is 2.26. The Balaban J connectivity index is 2.35. The van der Waals surface area contributed by atoms with Crippen LogP contribution in [0.2, 0.25) is 0 Å². The van der Waals surface area contributed by atoms with Crippen LogP contribution in [0, 0.1) is 0 Å². The second-order valence-electron chi connectivity index (χ2n) is 3.44. The van der Waals surface area contributed by atoms with Crippen molar-refractivity contribution < 1.29 is 9.90 Å². The Hall–Kier alpha value is -1.35. The van der Waals surface area contributed by atoms with Crippen molar-refractivity contribution in [3.8, 4) is 0 Å².